The number of nitrogens with one attached hydrogen (secondary N) is 1. The Hall–Kier alpha value is -4.11. The summed E-state index contributed by atoms with van der Waals surface area (Å²) in [6.45, 7) is 7.91. The number of ether oxygens (including phenoxy) is 1. The van der Waals surface area contributed by atoms with Crippen LogP contribution in [0.2, 0.25) is 5.02 Å². The van der Waals surface area contributed by atoms with E-state index < -0.39 is 23.8 Å². The van der Waals surface area contributed by atoms with Gasteiger partial charge in [-0.05, 0) is 61.7 Å². The van der Waals surface area contributed by atoms with Crippen molar-refractivity contribution < 1.29 is 19.1 Å². The lowest BCUT2D eigenvalue weighted by molar-refractivity contribution is -0.138. The van der Waals surface area contributed by atoms with Crippen molar-refractivity contribution in [2.75, 3.05) is 31.1 Å². The third-order valence-electron chi connectivity index (χ3n) is 7.71. The predicted octanol–water partition coefficient (Wildman–Crippen LogP) is 4.47. The van der Waals surface area contributed by atoms with Crippen LogP contribution in [0.4, 0.5) is 10.6 Å². The number of fused-ring (bicyclic) bond motifs is 1. The largest absolute Gasteiger partial charge is 0.444 e. The number of carbonyl (C=O) groups excluding carboxylic acids is 3. The quantitative estimate of drug-likeness (QED) is 0.447. The van der Waals surface area contributed by atoms with E-state index in [0.717, 1.165) is 22.5 Å². The maximum absolute atomic E-state index is 14.0. The van der Waals surface area contributed by atoms with Gasteiger partial charge in [-0.1, -0.05) is 54.1 Å². The number of pyridine rings is 1. The highest BCUT2D eigenvalue weighted by Crippen LogP contribution is 2.26. The Kier molecular flexibility index (Phi) is 9.20. The zero-order valence-electron chi connectivity index (χ0n) is 24.8. The summed E-state index contributed by atoms with van der Waals surface area (Å²) in [4.78, 5) is 51.1. The molecule has 43 heavy (non-hydrogen) atoms. The summed E-state index contributed by atoms with van der Waals surface area (Å²) in [5.41, 5.74) is 2.11. The highest BCUT2D eigenvalue weighted by molar-refractivity contribution is 6.30. The fourth-order valence-corrected chi connectivity index (χ4v) is 5.64. The molecule has 1 fully saturated rings. The molecular formula is C33H38ClN5O4. The summed E-state index contributed by atoms with van der Waals surface area (Å²) in [6.07, 6.45) is 1.81. The topological polar surface area (TPSA) is 95.1 Å². The molecular weight excluding hydrogens is 566 g/mol. The number of aromatic nitrogens is 1. The van der Waals surface area contributed by atoms with Crippen LogP contribution in [0.25, 0.3) is 0 Å². The first-order valence-corrected chi connectivity index (χ1v) is 15.0. The third-order valence-corrected chi connectivity index (χ3v) is 7.96. The van der Waals surface area contributed by atoms with Gasteiger partial charge >= 0.3 is 6.09 Å². The van der Waals surface area contributed by atoms with Gasteiger partial charge in [0, 0.05) is 50.2 Å². The van der Waals surface area contributed by atoms with Crippen LogP contribution in [-0.2, 0) is 33.7 Å². The molecule has 9 nitrogen and oxygen atoms in total. The van der Waals surface area contributed by atoms with Crippen molar-refractivity contribution in [3.63, 3.8) is 0 Å². The van der Waals surface area contributed by atoms with E-state index in [9.17, 15) is 14.4 Å². The van der Waals surface area contributed by atoms with Crippen molar-refractivity contribution in [1.29, 1.82) is 0 Å². The summed E-state index contributed by atoms with van der Waals surface area (Å²) >= 11 is 6.11. The van der Waals surface area contributed by atoms with E-state index in [0.29, 0.717) is 37.6 Å². The van der Waals surface area contributed by atoms with Gasteiger partial charge in [0.1, 0.15) is 23.5 Å². The number of hydrogen-bond donors (Lipinski definition) is 1. The van der Waals surface area contributed by atoms with Gasteiger partial charge in [0.2, 0.25) is 11.8 Å². The lowest BCUT2D eigenvalue weighted by Crippen LogP contribution is -2.59. The standard InChI is InChI=1S/C33H38ClN5O4/c1-33(2,3)43-32(42)39-22-25-9-5-4-8-24(25)21-28(39)30(40)36-27(20-23-11-13-26(34)14-12-23)31(41)38-18-16-37(17-19-38)29-10-6-7-15-35-29/h4-15,27-28H,16-22H2,1-3H3,(H,36,40)/t27-,28+/m1/s1. The number of rotatable bonds is 6. The van der Waals surface area contributed by atoms with Gasteiger partial charge in [-0.15, -0.1) is 0 Å². The first-order valence-electron chi connectivity index (χ1n) is 14.6. The first kappa shape index (κ1) is 30.4. The Balaban J connectivity index is 1.36. The average molecular weight is 604 g/mol. The molecule has 3 aromatic rings. The van der Waals surface area contributed by atoms with Gasteiger partial charge in [-0.3, -0.25) is 14.5 Å². The highest BCUT2D eigenvalue weighted by Gasteiger charge is 2.39. The first-order chi connectivity index (χ1) is 20.6. The predicted molar refractivity (Wildman–Crippen MR) is 166 cm³/mol. The molecule has 2 aliphatic heterocycles. The van der Waals surface area contributed by atoms with Crippen LogP contribution in [0, 0.1) is 0 Å². The van der Waals surface area contributed by atoms with E-state index in [1.165, 1.54) is 4.90 Å². The molecule has 0 saturated carbocycles. The van der Waals surface area contributed by atoms with Crippen LogP contribution in [0.5, 0.6) is 0 Å². The van der Waals surface area contributed by atoms with Gasteiger partial charge in [0.25, 0.3) is 0 Å². The molecule has 2 aliphatic rings. The summed E-state index contributed by atoms with van der Waals surface area (Å²) < 4.78 is 5.68. The second-order valence-electron chi connectivity index (χ2n) is 12.0. The lowest BCUT2D eigenvalue weighted by atomic mass is 9.93. The lowest BCUT2D eigenvalue weighted by Gasteiger charge is -2.39. The maximum atomic E-state index is 14.0. The summed E-state index contributed by atoms with van der Waals surface area (Å²) in [7, 11) is 0. The van der Waals surface area contributed by atoms with Gasteiger partial charge in [-0.2, -0.15) is 0 Å². The second kappa shape index (κ2) is 13.0. The smallest absolute Gasteiger partial charge is 0.411 e. The molecule has 2 aromatic carbocycles. The molecule has 0 radical (unpaired) electrons. The monoisotopic (exact) mass is 603 g/mol. The highest BCUT2D eigenvalue weighted by atomic mass is 35.5. The molecule has 10 heteroatoms. The van der Waals surface area contributed by atoms with Crippen molar-refractivity contribution in [2.24, 2.45) is 0 Å². The zero-order chi connectivity index (χ0) is 30.6. The Morgan fingerprint density at radius 3 is 2.28 bits per heavy atom. The number of hydrogen-bond acceptors (Lipinski definition) is 6. The number of piperazine rings is 1. The number of amides is 3. The number of anilines is 1. The molecule has 3 heterocycles. The van der Waals surface area contributed by atoms with Crippen molar-refractivity contribution in [3.05, 3.63) is 94.6 Å². The van der Waals surface area contributed by atoms with Gasteiger partial charge < -0.3 is 19.9 Å². The van der Waals surface area contributed by atoms with Crippen molar-refractivity contribution in [2.45, 2.75) is 57.8 Å². The number of carbonyl (C=O) groups is 3. The minimum atomic E-state index is -0.828. The van der Waals surface area contributed by atoms with E-state index in [1.54, 1.807) is 44.0 Å². The fourth-order valence-electron chi connectivity index (χ4n) is 5.51. The number of nitrogens with zero attached hydrogens (tertiary/aromatic N) is 4. The number of benzene rings is 2. The van der Waals surface area contributed by atoms with Gasteiger partial charge in [-0.25, -0.2) is 9.78 Å². The van der Waals surface area contributed by atoms with E-state index in [1.807, 2.05) is 54.6 Å². The normalized spacial score (nSPS) is 17.6. The van der Waals surface area contributed by atoms with Crippen LogP contribution in [0.15, 0.2) is 72.9 Å². The molecule has 0 unspecified atom stereocenters. The molecule has 0 bridgehead atoms. The Morgan fingerprint density at radius 1 is 0.953 bits per heavy atom. The molecule has 1 saturated heterocycles. The van der Waals surface area contributed by atoms with Crippen molar-refractivity contribution in [3.8, 4) is 0 Å². The SMILES string of the molecule is CC(C)(C)OC(=O)N1Cc2ccccc2C[C@H]1C(=O)N[C@H](Cc1ccc(Cl)cc1)C(=O)N1CCN(c2ccccn2)CC1. The van der Waals surface area contributed by atoms with Crippen LogP contribution < -0.4 is 10.2 Å². The maximum Gasteiger partial charge on any atom is 0.411 e. The zero-order valence-corrected chi connectivity index (χ0v) is 25.6. The van der Waals surface area contributed by atoms with Crippen LogP contribution >= 0.6 is 11.6 Å². The van der Waals surface area contributed by atoms with E-state index >= 15 is 0 Å². The van der Waals surface area contributed by atoms with Crippen LogP contribution in [0.1, 0.15) is 37.5 Å². The van der Waals surface area contributed by atoms with Crippen LogP contribution in [0.3, 0.4) is 0 Å². The summed E-state index contributed by atoms with van der Waals surface area (Å²) in [6, 6.07) is 19.2. The average Bonchev–Trinajstić information content (AvgIpc) is 3.00. The molecule has 5 rings (SSSR count). The minimum absolute atomic E-state index is 0.163. The Labute approximate surface area is 257 Å². The van der Waals surface area contributed by atoms with Crippen molar-refractivity contribution >= 4 is 35.3 Å². The van der Waals surface area contributed by atoms with Crippen LogP contribution in [-0.4, -0.2) is 76.6 Å². The van der Waals surface area contributed by atoms with E-state index in [4.69, 9.17) is 16.3 Å². The molecule has 0 spiro atoms. The number of halogens is 1. The molecule has 3 amide bonds. The Morgan fingerprint density at radius 2 is 1.63 bits per heavy atom. The molecule has 0 aliphatic carbocycles. The molecule has 2 atom stereocenters. The Bertz CT molecular complexity index is 1440. The van der Waals surface area contributed by atoms with E-state index in [2.05, 4.69) is 15.2 Å². The summed E-state index contributed by atoms with van der Waals surface area (Å²) in [5, 5.41) is 3.62. The fraction of sp³-hybridized carbons (Fsp3) is 0.394. The minimum Gasteiger partial charge on any atom is -0.444 e. The van der Waals surface area contributed by atoms with E-state index in [-0.39, 0.29) is 24.8 Å². The van der Waals surface area contributed by atoms with Gasteiger partial charge in [0.05, 0.1) is 6.54 Å². The molecule has 226 valence electrons. The van der Waals surface area contributed by atoms with Crippen molar-refractivity contribution in [1.82, 2.24) is 20.1 Å². The van der Waals surface area contributed by atoms with Gasteiger partial charge in [0.15, 0.2) is 0 Å². The molecule has 1 N–H and O–H groups in total. The molecule has 1 aromatic heterocycles. The third kappa shape index (κ3) is 7.65. The second-order valence-corrected chi connectivity index (χ2v) is 12.4. The summed E-state index contributed by atoms with van der Waals surface area (Å²) in [5.74, 6) is 0.323.